The minimum atomic E-state index is -0.115. The van der Waals surface area contributed by atoms with Crippen LogP contribution in [0.2, 0.25) is 0 Å². The number of fused-ring (bicyclic) bond motifs is 2. The lowest BCUT2D eigenvalue weighted by Crippen LogP contribution is -2.56. The second kappa shape index (κ2) is 6.63. The third-order valence-corrected chi connectivity index (χ3v) is 5.56. The number of rotatable bonds is 1. The van der Waals surface area contributed by atoms with E-state index in [1.165, 1.54) is 6.92 Å². The number of hydrogen-bond acceptors (Lipinski definition) is 3. The summed E-state index contributed by atoms with van der Waals surface area (Å²) in [4.78, 5) is 40.3. The van der Waals surface area contributed by atoms with Gasteiger partial charge in [-0.1, -0.05) is 6.07 Å². The maximum absolute atomic E-state index is 13.3. The number of anilines is 2. The van der Waals surface area contributed by atoms with Crippen LogP contribution < -0.4 is 15.5 Å². The Hall–Kier alpha value is -2.57. The van der Waals surface area contributed by atoms with Crippen LogP contribution in [0.4, 0.5) is 16.2 Å². The zero-order valence-corrected chi connectivity index (χ0v) is 15.0. The van der Waals surface area contributed by atoms with E-state index in [2.05, 4.69) is 10.6 Å². The topological polar surface area (TPSA) is 81.8 Å². The Kier molecular flexibility index (Phi) is 4.30. The van der Waals surface area contributed by atoms with Crippen molar-refractivity contribution in [3.8, 4) is 0 Å². The predicted molar refractivity (Wildman–Crippen MR) is 98.1 cm³/mol. The lowest BCUT2D eigenvalue weighted by Gasteiger charge is -2.41. The number of carbonyl (C=O) groups is 3. The summed E-state index contributed by atoms with van der Waals surface area (Å²) in [6.07, 6.45) is 3.92. The molecule has 0 radical (unpaired) electrons. The number of hydrogen-bond donors (Lipinski definition) is 2. The fourth-order valence-corrected chi connectivity index (χ4v) is 4.46. The normalized spacial score (nSPS) is 24.6. The van der Waals surface area contributed by atoms with Crippen molar-refractivity contribution in [2.75, 3.05) is 23.3 Å². The standard InChI is InChI=1S/C19H24N4O3/c1-12(24)20-14-6-2-8-16-13(14)5-3-9-22(16)19(26)23-10-4-7-15-17(23)11-18(25)21-15/h2,6,8,15,17H,3-5,7,9-11H2,1H3,(H,20,24)(H,21,25)/t15-,17-/m0/s1. The van der Waals surface area contributed by atoms with Gasteiger partial charge in [-0.2, -0.15) is 0 Å². The minimum absolute atomic E-state index is 0.0304. The number of likely N-dealkylation sites (tertiary alicyclic amines) is 1. The molecule has 3 aliphatic heterocycles. The summed E-state index contributed by atoms with van der Waals surface area (Å²) >= 11 is 0. The molecule has 2 N–H and O–H groups in total. The molecule has 7 nitrogen and oxygen atoms in total. The molecule has 3 heterocycles. The first-order chi connectivity index (χ1) is 12.5. The molecule has 0 spiro atoms. The summed E-state index contributed by atoms with van der Waals surface area (Å²) in [5.74, 6) is -0.0806. The Morgan fingerprint density at radius 2 is 2.08 bits per heavy atom. The summed E-state index contributed by atoms with van der Waals surface area (Å²) < 4.78 is 0. The second-order valence-electron chi connectivity index (χ2n) is 7.30. The molecule has 7 heteroatoms. The number of benzene rings is 1. The van der Waals surface area contributed by atoms with Crippen molar-refractivity contribution < 1.29 is 14.4 Å². The van der Waals surface area contributed by atoms with Gasteiger partial charge in [-0.05, 0) is 43.4 Å². The van der Waals surface area contributed by atoms with Gasteiger partial charge in [-0.3, -0.25) is 14.5 Å². The average Bonchev–Trinajstić information content (AvgIpc) is 3.00. The zero-order valence-electron chi connectivity index (χ0n) is 15.0. The minimum Gasteiger partial charge on any atom is -0.351 e. The maximum atomic E-state index is 13.3. The third-order valence-electron chi connectivity index (χ3n) is 5.56. The number of carbonyl (C=O) groups excluding carboxylic acids is 3. The molecule has 2 saturated heterocycles. The Bertz CT molecular complexity index is 763. The van der Waals surface area contributed by atoms with E-state index in [0.29, 0.717) is 19.5 Å². The third kappa shape index (κ3) is 2.91. The number of amides is 4. The molecule has 0 unspecified atom stereocenters. The van der Waals surface area contributed by atoms with E-state index in [9.17, 15) is 14.4 Å². The monoisotopic (exact) mass is 356 g/mol. The van der Waals surface area contributed by atoms with Gasteiger partial charge in [0, 0.05) is 38.2 Å². The van der Waals surface area contributed by atoms with Crippen LogP contribution in [0, 0.1) is 0 Å². The summed E-state index contributed by atoms with van der Waals surface area (Å²) in [6, 6.07) is 5.69. The summed E-state index contributed by atoms with van der Waals surface area (Å²) in [5, 5.41) is 5.86. The maximum Gasteiger partial charge on any atom is 0.324 e. The Morgan fingerprint density at radius 1 is 1.23 bits per heavy atom. The molecule has 26 heavy (non-hydrogen) atoms. The van der Waals surface area contributed by atoms with E-state index >= 15 is 0 Å². The molecule has 4 rings (SSSR count). The van der Waals surface area contributed by atoms with Gasteiger partial charge in [-0.25, -0.2) is 4.79 Å². The van der Waals surface area contributed by atoms with Gasteiger partial charge >= 0.3 is 6.03 Å². The van der Waals surface area contributed by atoms with Gasteiger partial charge in [0.1, 0.15) is 0 Å². The van der Waals surface area contributed by atoms with Crippen LogP contribution in [0.15, 0.2) is 18.2 Å². The Balaban J connectivity index is 1.62. The molecule has 4 amide bonds. The van der Waals surface area contributed by atoms with E-state index in [1.54, 1.807) is 0 Å². The highest BCUT2D eigenvalue weighted by Crippen LogP contribution is 2.35. The molecule has 2 fully saturated rings. The lowest BCUT2D eigenvalue weighted by atomic mass is 9.96. The van der Waals surface area contributed by atoms with Gasteiger partial charge in [0.2, 0.25) is 11.8 Å². The van der Waals surface area contributed by atoms with Gasteiger partial charge in [0.25, 0.3) is 0 Å². The first-order valence-electron chi connectivity index (χ1n) is 9.31. The van der Waals surface area contributed by atoms with Crippen molar-refractivity contribution >= 4 is 29.2 Å². The van der Waals surface area contributed by atoms with Crippen LogP contribution in [0.3, 0.4) is 0 Å². The number of nitrogens with zero attached hydrogens (tertiary/aromatic N) is 2. The van der Waals surface area contributed by atoms with E-state index in [-0.39, 0.29) is 29.9 Å². The SMILES string of the molecule is CC(=O)Nc1cccc2c1CCCN2C(=O)N1CCC[C@@H]2NC(=O)C[C@@H]21. The molecule has 0 aliphatic carbocycles. The van der Waals surface area contributed by atoms with E-state index in [1.807, 2.05) is 28.0 Å². The second-order valence-corrected chi connectivity index (χ2v) is 7.30. The van der Waals surface area contributed by atoms with Crippen LogP contribution in [0.1, 0.15) is 38.2 Å². The van der Waals surface area contributed by atoms with Crippen LogP contribution in [-0.2, 0) is 16.0 Å². The summed E-state index contributed by atoms with van der Waals surface area (Å²) in [6.45, 7) is 2.83. The van der Waals surface area contributed by atoms with Crippen LogP contribution in [-0.4, -0.2) is 47.9 Å². The quantitative estimate of drug-likeness (QED) is 0.806. The molecule has 1 aromatic rings. The average molecular weight is 356 g/mol. The smallest absolute Gasteiger partial charge is 0.324 e. The molecular weight excluding hydrogens is 332 g/mol. The zero-order chi connectivity index (χ0) is 18.3. The van der Waals surface area contributed by atoms with E-state index in [0.717, 1.165) is 42.6 Å². The van der Waals surface area contributed by atoms with Crippen molar-refractivity contribution in [3.05, 3.63) is 23.8 Å². The summed E-state index contributed by atoms with van der Waals surface area (Å²) in [5.41, 5.74) is 2.66. The Labute approximate surface area is 152 Å². The molecule has 0 saturated carbocycles. The highest BCUT2D eigenvalue weighted by molar-refractivity contribution is 5.97. The molecule has 0 aromatic heterocycles. The lowest BCUT2D eigenvalue weighted by molar-refractivity contribution is -0.119. The van der Waals surface area contributed by atoms with Gasteiger partial charge in [0.05, 0.1) is 11.7 Å². The molecule has 3 aliphatic rings. The highest BCUT2D eigenvalue weighted by atomic mass is 16.2. The first-order valence-corrected chi connectivity index (χ1v) is 9.31. The molecular formula is C19H24N4O3. The number of nitrogens with one attached hydrogen (secondary N) is 2. The molecule has 2 atom stereocenters. The van der Waals surface area contributed by atoms with Crippen molar-refractivity contribution in [1.82, 2.24) is 10.2 Å². The fourth-order valence-electron chi connectivity index (χ4n) is 4.46. The van der Waals surface area contributed by atoms with E-state index < -0.39 is 0 Å². The van der Waals surface area contributed by atoms with Gasteiger partial charge in [-0.15, -0.1) is 0 Å². The van der Waals surface area contributed by atoms with Crippen molar-refractivity contribution in [1.29, 1.82) is 0 Å². The van der Waals surface area contributed by atoms with Crippen LogP contribution >= 0.6 is 0 Å². The predicted octanol–water partition coefficient (Wildman–Crippen LogP) is 1.87. The summed E-state index contributed by atoms with van der Waals surface area (Å²) in [7, 11) is 0. The van der Waals surface area contributed by atoms with Crippen molar-refractivity contribution in [3.63, 3.8) is 0 Å². The molecule has 0 bridgehead atoms. The number of piperidine rings is 1. The number of urea groups is 1. The molecule has 138 valence electrons. The fraction of sp³-hybridized carbons (Fsp3) is 0.526. The van der Waals surface area contributed by atoms with Crippen LogP contribution in [0.25, 0.3) is 0 Å². The first kappa shape index (κ1) is 16.9. The van der Waals surface area contributed by atoms with Crippen LogP contribution in [0.5, 0.6) is 0 Å². The van der Waals surface area contributed by atoms with Crippen molar-refractivity contribution in [2.45, 2.75) is 51.1 Å². The Morgan fingerprint density at radius 3 is 2.88 bits per heavy atom. The van der Waals surface area contributed by atoms with Crippen molar-refractivity contribution in [2.24, 2.45) is 0 Å². The van der Waals surface area contributed by atoms with E-state index in [4.69, 9.17) is 0 Å². The van der Waals surface area contributed by atoms with Gasteiger partial charge < -0.3 is 15.5 Å². The highest BCUT2D eigenvalue weighted by Gasteiger charge is 2.42. The molecule has 1 aromatic carbocycles. The largest absolute Gasteiger partial charge is 0.351 e. The van der Waals surface area contributed by atoms with Gasteiger partial charge in [0.15, 0.2) is 0 Å².